The van der Waals surface area contributed by atoms with Gasteiger partial charge in [-0.3, -0.25) is 4.79 Å². The van der Waals surface area contributed by atoms with E-state index in [-0.39, 0.29) is 30.9 Å². The van der Waals surface area contributed by atoms with Gasteiger partial charge in [-0.1, -0.05) is 19.9 Å². The molecule has 0 aliphatic rings. The van der Waals surface area contributed by atoms with Gasteiger partial charge < -0.3 is 14.2 Å². The summed E-state index contributed by atoms with van der Waals surface area (Å²) < 4.78 is 27.0. The molecule has 0 radical (unpaired) electrons. The second kappa shape index (κ2) is 7.35. The van der Waals surface area contributed by atoms with Crippen molar-refractivity contribution in [2.75, 3.05) is 13.2 Å². The fraction of sp³-hybridized carbons (Fsp3) is 0.385. The monoisotopic (exact) mass is 270 g/mol. The molecule has 6 heteroatoms. The lowest BCUT2D eigenvalue weighted by atomic mass is 10.2. The van der Waals surface area contributed by atoms with Crippen LogP contribution in [0.15, 0.2) is 24.3 Å². The Balaban J connectivity index is 2.23. The highest BCUT2D eigenvalue weighted by molar-refractivity contribution is 5.71. The maximum absolute atomic E-state index is 12.8. The molecule has 5 nitrogen and oxygen atoms in total. The number of carbonyl (C=O) groups excluding carboxylic acids is 2. The van der Waals surface area contributed by atoms with Gasteiger partial charge in [0.15, 0.2) is 0 Å². The quantitative estimate of drug-likeness (QED) is 0.467. The highest BCUT2D eigenvalue weighted by Crippen LogP contribution is 2.12. The van der Waals surface area contributed by atoms with Crippen molar-refractivity contribution in [2.45, 2.75) is 13.8 Å². The van der Waals surface area contributed by atoms with E-state index in [1.54, 1.807) is 13.8 Å². The highest BCUT2D eigenvalue weighted by Gasteiger charge is 2.10. The van der Waals surface area contributed by atoms with Crippen LogP contribution in [0.1, 0.15) is 13.8 Å². The van der Waals surface area contributed by atoms with Gasteiger partial charge in [-0.25, -0.2) is 9.18 Å². The number of benzene rings is 1. The second-order valence-electron chi connectivity index (χ2n) is 3.98. The predicted octanol–water partition coefficient (Wildman–Crippen LogP) is 2.54. The molecule has 104 valence electrons. The van der Waals surface area contributed by atoms with Crippen molar-refractivity contribution in [3.63, 3.8) is 0 Å². The smallest absolute Gasteiger partial charge is 0.462 e. The van der Waals surface area contributed by atoms with Gasteiger partial charge in [-0.15, -0.1) is 0 Å². The lowest BCUT2D eigenvalue weighted by Gasteiger charge is -2.08. The Bertz CT molecular complexity index is 444. The summed E-state index contributed by atoms with van der Waals surface area (Å²) in [5, 5.41) is 0. The first-order valence-corrected chi connectivity index (χ1v) is 5.76. The Labute approximate surface area is 110 Å². The minimum Gasteiger partial charge on any atom is -0.462 e. The van der Waals surface area contributed by atoms with Crippen LogP contribution >= 0.6 is 0 Å². The SMILES string of the molecule is CC(C)C(=O)OCCOC(=O)Oc1cccc(F)c1. The van der Waals surface area contributed by atoms with Crippen LogP contribution in [0.25, 0.3) is 0 Å². The average molecular weight is 270 g/mol. The zero-order chi connectivity index (χ0) is 14.3. The number of hydrogen-bond donors (Lipinski definition) is 0. The van der Waals surface area contributed by atoms with E-state index >= 15 is 0 Å². The van der Waals surface area contributed by atoms with Crippen LogP contribution in [-0.2, 0) is 14.3 Å². The second-order valence-corrected chi connectivity index (χ2v) is 3.98. The summed E-state index contributed by atoms with van der Waals surface area (Å²) in [7, 11) is 0. The normalized spacial score (nSPS) is 10.1. The Kier molecular flexibility index (Phi) is 5.78. The summed E-state index contributed by atoms with van der Waals surface area (Å²) in [5.41, 5.74) is 0. The number of hydrogen-bond acceptors (Lipinski definition) is 5. The minimum absolute atomic E-state index is 0.0455. The molecule has 0 spiro atoms. The fourth-order valence-corrected chi connectivity index (χ4v) is 1.09. The van der Waals surface area contributed by atoms with Crippen molar-refractivity contribution in [3.05, 3.63) is 30.1 Å². The molecule has 1 aromatic rings. The molecular formula is C13H15FO5. The summed E-state index contributed by atoms with van der Waals surface area (Å²) in [6.07, 6.45) is -0.980. The minimum atomic E-state index is -0.980. The zero-order valence-electron chi connectivity index (χ0n) is 10.7. The third-order valence-electron chi connectivity index (χ3n) is 2.02. The molecule has 0 N–H and O–H groups in total. The Morgan fingerprint density at radius 2 is 1.89 bits per heavy atom. The fourth-order valence-electron chi connectivity index (χ4n) is 1.09. The maximum atomic E-state index is 12.8. The van der Waals surface area contributed by atoms with E-state index in [0.717, 1.165) is 6.07 Å². The van der Waals surface area contributed by atoms with E-state index in [4.69, 9.17) is 9.47 Å². The first-order chi connectivity index (χ1) is 8.99. The Morgan fingerprint density at radius 3 is 2.53 bits per heavy atom. The van der Waals surface area contributed by atoms with Gasteiger partial charge in [0.1, 0.15) is 24.8 Å². The van der Waals surface area contributed by atoms with E-state index < -0.39 is 12.0 Å². The van der Waals surface area contributed by atoms with Gasteiger partial charge in [0.05, 0.1) is 5.92 Å². The molecule has 0 amide bonds. The molecule has 1 rings (SSSR count). The first kappa shape index (κ1) is 14.9. The molecule has 0 unspecified atom stereocenters. The molecular weight excluding hydrogens is 255 g/mol. The first-order valence-electron chi connectivity index (χ1n) is 5.76. The van der Waals surface area contributed by atoms with Crippen molar-refractivity contribution in [3.8, 4) is 5.75 Å². The van der Waals surface area contributed by atoms with Crippen molar-refractivity contribution >= 4 is 12.1 Å². The van der Waals surface area contributed by atoms with E-state index in [2.05, 4.69) is 4.74 Å². The standard InChI is InChI=1S/C13H15FO5/c1-9(2)12(15)17-6-7-18-13(16)19-11-5-3-4-10(14)8-11/h3-5,8-9H,6-7H2,1-2H3. The lowest BCUT2D eigenvalue weighted by Crippen LogP contribution is -2.18. The predicted molar refractivity (Wildman–Crippen MR) is 64.2 cm³/mol. The molecule has 0 aliphatic carbocycles. The van der Waals surface area contributed by atoms with E-state index in [0.29, 0.717) is 0 Å². The van der Waals surface area contributed by atoms with Gasteiger partial charge >= 0.3 is 12.1 Å². The summed E-state index contributed by atoms with van der Waals surface area (Å²) in [6, 6.07) is 5.11. The number of esters is 1. The zero-order valence-corrected chi connectivity index (χ0v) is 10.7. The van der Waals surface area contributed by atoms with Gasteiger partial charge in [0.25, 0.3) is 0 Å². The van der Waals surface area contributed by atoms with Crippen LogP contribution in [0.4, 0.5) is 9.18 Å². The van der Waals surface area contributed by atoms with Gasteiger partial charge in [-0.05, 0) is 12.1 Å². The summed E-state index contributed by atoms with van der Waals surface area (Å²) >= 11 is 0. The molecule has 1 aromatic carbocycles. The Hall–Kier alpha value is -2.11. The van der Waals surface area contributed by atoms with Crippen LogP contribution in [0.5, 0.6) is 5.75 Å². The maximum Gasteiger partial charge on any atom is 0.513 e. The van der Waals surface area contributed by atoms with E-state index in [1.165, 1.54) is 18.2 Å². The molecule has 0 aliphatic heterocycles. The van der Waals surface area contributed by atoms with E-state index in [1.807, 2.05) is 0 Å². The summed E-state index contributed by atoms with van der Waals surface area (Å²) in [4.78, 5) is 22.3. The summed E-state index contributed by atoms with van der Waals surface area (Å²) in [6.45, 7) is 3.23. The van der Waals surface area contributed by atoms with Crippen LogP contribution in [0, 0.1) is 11.7 Å². The number of ether oxygens (including phenoxy) is 3. The van der Waals surface area contributed by atoms with Crippen LogP contribution < -0.4 is 4.74 Å². The van der Waals surface area contributed by atoms with Gasteiger partial charge in [0.2, 0.25) is 0 Å². The number of halogens is 1. The number of carbonyl (C=O) groups is 2. The molecule has 19 heavy (non-hydrogen) atoms. The van der Waals surface area contributed by atoms with E-state index in [9.17, 15) is 14.0 Å². The van der Waals surface area contributed by atoms with Gasteiger partial charge in [0, 0.05) is 6.07 Å². The molecule has 0 fully saturated rings. The molecule has 0 saturated heterocycles. The molecule has 0 heterocycles. The van der Waals surface area contributed by atoms with Gasteiger partial charge in [-0.2, -0.15) is 0 Å². The van der Waals surface area contributed by atoms with Crippen molar-refractivity contribution in [1.29, 1.82) is 0 Å². The molecule has 0 bridgehead atoms. The number of rotatable bonds is 5. The third kappa shape index (κ3) is 5.85. The molecule has 0 aromatic heterocycles. The third-order valence-corrected chi connectivity index (χ3v) is 2.02. The van der Waals surface area contributed by atoms with Crippen LogP contribution in [0.2, 0.25) is 0 Å². The van der Waals surface area contributed by atoms with Crippen molar-refractivity contribution < 1.29 is 28.2 Å². The Morgan fingerprint density at radius 1 is 1.21 bits per heavy atom. The average Bonchev–Trinajstić information content (AvgIpc) is 2.34. The summed E-state index contributed by atoms with van der Waals surface area (Å²) in [5.74, 6) is -1.08. The highest BCUT2D eigenvalue weighted by atomic mass is 19.1. The lowest BCUT2D eigenvalue weighted by molar-refractivity contribution is -0.148. The van der Waals surface area contributed by atoms with Crippen LogP contribution in [-0.4, -0.2) is 25.3 Å². The molecule has 0 saturated carbocycles. The van der Waals surface area contributed by atoms with Crippen molar-refractivity contribution in [1.82, 2.24) is 0 Å². The topological polar surface area (TPSA) is 61.8 Å². The largest absolute Gasteiger partial charge is 0.513 e. The van der Waals surface area contributed by atoms with Crippen LogP contribution in [0.3, 0.4) is 0 Å². The van der Waals surface area contributed by atoms with Crippen molar-refractivity contribution in [2.24, 2.45) is 5.92 Å². The molecule has 0 atom stereocenters.